The van der Waals surface area contributed by atoms with Gasteiger partial charge in [0, 0.05) is 23.2 Å². The van der Waals surface area contributed by atoms with E-state index in [1.54, 1.807) is 19.1 Å². The number of ketones is 1. The van der Waals surface area contributed by atoms with Crippen molar-refractivity contribution >= 4 is 35.1 Å². The van der Waals surface area contributed by atoms with Crippen LogP contribution in [0.4, 0.5) is 0 Å². The number of rotatable bonds is 4. The van der Waals surface area contributed by atoms with Gasteiger partial charge in [0.15, 0.2) is 0 Å². The number of aryl methyl sites for hydroxylation is 1. The van der Waals surface area contributed by atoms with E-state index in [2.05, 4.69) is 4.99 Å². The number of aliphatic imine (C=N–C) groups is 1. The van der Waals surface area contributed by atoms with Gasteiger partial charge in [-0.2, -0.15) is 0 Å². The summed E-state index contributed by atoms with van der Waals surface area (Å²) in [6.45, 7) is 1.75. The highest BCUT2D eigenvalue weighted by atomic mass is 35.5. The Morgan fingerprint density at radius 1 is 1.36 bits per heavy atom. The molecular formula is C16H14ClNO4. The van der Waals surface area contributed by atoms with E-state index in [4.69, 9.17) is 19.4 Å². The van der Waals surface area contributed by atoms with Crippen molar-refractivity contribution in [2.24, 2.45) is 4.99 Å². The van der Waals surface area contributed by atoms with Crippen molar-refractivity contribution in [3.8, 4) is 0 Å². The Balaban J connectivity index is 2.50. The fraction of sp³-hybridized carbons (Fsp3) is 0.188. The van der Waals surface area contributed by atoms with Crippen molar-refractivity contribution < 1.29 is 22.5 Å². The minimum atomic E-state index is -1.14. The predicted molar refractivity (Wildman–Crippen MR) is 84.2 cm³/mol. The monoisotopic (exact) mass is 321 g/mol. The molecule has 0 saturated heterocycles. The average molecular weight is 322 g/mol. The number of carboxylic acids is 1. The van der Waals surface area contributed by atoms with Gasteiger partial charge in [0.05, 0.1) is 9.16 Å². The molecule has 1 aliphatic heterocycles. The summed E-state index contributed by atoms with van der Waals surface area (Å²) < 4.78 is 16.0. The second-order valence-electron chi connectivity index (χ2n) is 4.70. The van der Waals surface area contributed by atoms with E-state index < -0.39 is 29.3 Å². The van der Waals surface area contributed by atoms with Crippen molar-refractivity contribution in [1.82, 2.24) is 0 Å². The first kappa shape index (κ1) is 13.3. The Kier molecular flexibility index (Phi) is 3.97. The quantitative estimate of drug-likeness (QED) is 0.658. The summed E-state index contributed by atoms with van der Waals surface area (Å²) in [5.74, 6) is -2.54. The molecule has 0 aliphatic carbocycles. The van der Waals surface area contributed by atoms with Crippen LogP contribution >= 0.6 is 11.6 Å². The molecule has 0 spiro atoms. The number of aliphatic carboxylic acids is 1. The minimum absolute atomic E-state index is 0.0229. The van der Waals surface area contributed by atoms with Crippen LogP contribution < -0.4 is 0 Å². The van der Waals surface area contributed by atoms with Gasteiger partial charge in [-0.05, 0) is 36.2 Å². The Bertz CT molecular complexity index is 827. The number of aliphatic hydroxyl groups is 1. The average Bonchev–Trinajstić information content (AvgIpc) is 2.52. The third kappa shape index (κ3) is 3.62. The molecule has 0 unspecified atom stereocenters. The third-order valence-electron chi connectivity index (χ3n) is 3.05. The van der Waals surface area contributed by atoms with E-state index in [1.807, 2.05) is 0 Å². The number of hydrogen-bond acceptors (Lipinski definition) is 4. The second kappa shape index (κ2) is 6.58. The van der Waals surface area contributed by atoms with Gasteiger partial charge >= 0.3 is 5.97 Å². The molecule has 0 aromatic heterocycles. The van der Waals surface area contributed by atoms with Gasteiger partial charge in [0.25, 0.3) is 0 Å². The molecule has 0 fully saturated rings. The van der Waals surface area contributed by atoms with Crippen molar-refractivity contribution in [1.29, 1.82) is 0 Å². The lowest BCUT2D eigenvalue weighted by molar-refractivity contribution is -0.137. The summed E-state index contributed by atoms with van der Waals surface area (Å²) in [7, 11) is 0. The maximum atomic E-state index is 12.3. The molecule has 0 bridgehead atoms. The summed E-state index contributed by atoms with van der Waals surface area (Å²) in [6, 6.07) is 4.40. The molecule has 22 heavy (non-hydrogen) atoms. The molecule has 1 aliphatic rings. The number of hydrogen-bond donors (Lipinski definition) is 2. The van der Waals surface area contributed by atoms with Crippen LogP contribution in [0.3, 0.4) is 0 Å². The van der Waals surface area contributed by atoms with E-state index in [-0.39, 0.29) is 24.6 Å². The van der Waals surface area contributed by atoms with Gasteiger partial charge in [0.1, 0.15) is 11.5 Å². The minimum Gasteiger partial charge on any atom is -0.510 e. The summed E-state index contributed by atoms with van der Waals surface area (Å²) in [5.41, 5.74) is 0.720. The molecule has 0 radical (unpaired) electrons. The zero-order chi connectivity index (χ0) is 18.0. The molecule has 1 aromatic carbocycles. The number of benzene rings is 1. The lowest BCUT2D eigenvalue weighted by Gasteiger charge is -2.12. The Morgan fingerprint density at radius 3 is 2.77 bits per heavy atom. The first-order chi connectivity index (χ1) is 11.2. The molecule has 0 saturated carbocycles. The molecule has 0 amide bonds. The molecule has 6 heteroatoms. The topological polar surface area (TPSA) is 87.0 Å². The predicted octanol–water partition coefficient (Wildman–Crippen LogP) is 3.32. The van der Waals surface area contributed by atoms with Gasteiger partial charge in [-0.25, -0.2) is 4.99 Å². The molecule has 2 rings (SSSR count). The van der Waals surface area contributed by atoms with Crippen LogP contribution in [0.15, 0.2) is 40.7 Å². The fourth-order valence-corrected chi connectivity index (χ4v) is 2.07. The lowest BCUT2D eigenvalue weighted by atomic mass is 9.98. The summed E-state index contributed by atoms with van der Waals surface area (Å²) in [4.78, 5) is 26.6. The Morgan fingerprint density at radius 2 is 2.09 bits per heavy atom. The highest BCUT2D eigenvalue weighted by Gasteiger charge is 2.19. The van der Waals surface area contributed by atoms with E-state index in [9.17, 15) is 14.7 Å². The fourth-order valence-electron chi connectivity index (χ4n) is 1.89. The van der Waals surface area contributed by atoms with Gasteiger partial charge in [-0.1, -0.05) is 17.7 Å². The van der Waals surface area contributed by atoms with E-state index in [0.29, 0.717) is 10.6 Å². The molecular weight excluding hydrogens is 306 g/mol. The van der Waals surface area contributed by atoms with Crippen LogP contribution in [0.2, 0.25) is 5.02 Å². The standard InChI is InChI=1S/C16H14ClNO4/c1-9-2-3-11(17)7-12(9)10-6-14(20)16(18-8-10)13(19)4-5-15(21)22/h2-3,6-8,19H,4-5H2,1H3,(H,21,22)/i6D,8D. The molecule has 5 nitrogen and oxygen atoms in total. The number of carbonyl (C=O) groups is 2. The van der Waals surface area contributed by atoms with Crippen LogP contribution in [0.5, 0.6) is 0 Å². The molecule has 1 aromatic rings. The van der Waals surface area contributed by atoms with E-state index >= 15 is 0 Å². The number of carboxylic acid groups (broad SMARTS) is 1. The van der Waals surface area contributed by atoms with Gasteiger partial charge in [-0.15, -0.1) is 0 Å². The number of carbonyl (C=O) groups excluding carboxylic acids is 1. The summed E-state index contributed by atoms with van der Waals surface area (Å²) in [5, 5.41) is 18.9. The lowest BCUT2D eigenvalue weighted by Crippen LogP contribution is -2.09. The van der Waals surface area contributed by atoms with Gasteiger partial charge < -0.3 is 10.2 Å². The molecule has 114 valence electrons. The first-order valence-electron chi connectivity index (χ1n) is 7.44. The normalized spacial score (nSPS) is 18.6. The molecule has 2 N–H and O–H groups in total. The van der Waals surface area contributed by atoms with Crippen LogP contribution in [0.25, 0.3) is 5.57 Å². The maximum Gasteiger partial charge on any atom is 0.303 e. The molecule has 1 heterocycles. The van der Waals surface area contributed by atoms with Crippen molar-refractivity contribution in [2.45, 2.75) is 19.8 Å². The number of aliphatic hydroxyl groups excluding tert-OH is 1. The Hall–Kier alpha value is -2.40. The van der Waals surface area contributed by atoms with Crippen molar-refractivity contribution in [2.75, 3.05) is 0 Å². The van der Waals surface area contributed by atoms with E-state index in [0.717, 1.165) is 5.56 Å². The number of halogens is 1. The van der Waals surface area contributed by atoms with Gasteiger partial charge in [0.2, 0.25) is 5.78 Å². The highest BCUT2D eigenvalue weighted by molar-refractivity contribution is 6.31. The second-order valence-corrected chi connectivity index (χ2v) is 5.14. The van der Waals surface area contributed by atoms with Crippen LogP contribution in [-0.2, 0) is 9.59 Å². The van der Waals surface area contributed by atoms with Crippen LogP contribution in [-0.4, -0.2) is 28.2 Å². The van der Waals surface area contributed by atoms with Crippen LogP contribution in [0.1, 0.15) is 26.7 Å². The number of allylic oxidation sites excluding steroid dienone is 3. The smallest absolute Gasteiger partial charge is 0.303 e. The Labute approximate surface area is 135 Å². The van der Waals surface area contributed by atoms with Gasteiger partial charge in [-0.3, -0.25) is 9.59 Å². The first-order valence-corrected chi connectivity index (χ1v) is 6.81. The SMILES string of the molecule is [2H]C1=NC(=C(O)CCC(=O)O)C(=O)C([2H])=C1c1cc(Cl)ccc1C. The third-order valence-corrected chi connectivity index (χ3v) is 3.29. The van der Waals surface area contributed by atoms with Crippen molar-refractivity contribution in [3.63, 3.8) is 0 Å². The maximum absolute atomic E-state index is 12.3. The number of nitrogens with zero attached hydrogens (tertiary/aromatic N) is 1. The van der Waals surface area contributed by atoms with Crippen LogP contribution in [0, 0.1) is 6.92 Å². The zero-order valence-corrected chi connectivity index (χ0v) is 12.4. The van der Waals surface area contributed by atoms with E-state index in [1.165, 1.54) is 6.07 Å². The molecule has 0 atom stereocenters. The van der Waals surface area contributed by atoms with Crippen molar-refractivity contribution in [3.05, 3.63) is 51.9 Å². The largest absolute Gasteiger partial charge is 0.510 e. The highest BCUT2D eigenvalue weighted by Crippen LogP contribution is 2.25. The number of dihydropyridines is 1. The summed E-state index contributed by atoms with van der Waals surface area (Å²) >= 11 is 5.94. The summed E-state index contributed by atoms with van der Waals surface area (Å²) in [6.07, 6.45) is -1.05. The zero-order valence-electron chi connectivity index (χ0n) is 13.7.